The largest absolute Gasteiger partial charge is 0.395 e. The molecule has 0 amide bonds. The van der Waals surface area contributed by atoms with Gasteiger partial charge in [0.25, 0.3) is 5.69 Å². The van der Waals surface area contributed by atoms with Crippen molar-refractivity contribution in [3.8, 4) is 0 Å². The van der Waals surface area contributed by atoms with Crippen LogP contribution in [-0.2, 0) is 10.0 Å². The SMILES string of the molecule is Cc1cc([N+](=O)[O-])c(S(=O)(=O)NC(CO)CO)cc1C. The van der Waals surface area contributed by atoms with Gasteiger partial charge in [-0.25, -0.2) is 13.1 Å². The third-order valence-electron chi connectivity index (χ3n) is 2.82. The quantitative estimate of drug-likeness (QED) is 0.494. The van der Waals surface area contributed by atoms with Crippen molar-refractivity contribution < 1.29 is 23.6 Å². The van der Waals surface area contributed by atoms with Crippen molar-refractivity contribution in [2.75, 3.05) is 13.2 Å². The summed E-state index contributed by atoms with van der Waals surface area (Å²) in [6, 6.07) is 1.26. The van der Waals surface area contributed by atoms with Crippen molar-refractivity contribution in [1.82, 2.24) is 4.72 Å². The molecule has 1 aromatic rings. The lowest BCUT2D eigenvalue weighted by molar-refractivity contribution is -0.387. The number of benzene rings is 1. The van der Waals surface area contributed by atoms with Gasteiger partial charge in [-0.15, -0.1) is 0 Å². The van der Waals surface area contributed by atoms with Gasteiger partial charge in [0.15, 0.2) is 4.90 Å². The second-order valence-corrected chi connectivity index (χ2v) is 6.03. The van der Waals surface area contributed by atoms with Gasteiger partial charge in [-0.2, -0.15) is 0 Å². The number of aliphatic hydroxyl groups excluding tert-OH is 2. The molecule has 0 fully saturated rings. The molecule has 1 rings (SSSR count). The minimum absolute atomic E-state index is 0.488. The van der Waals surface area contributed by atoms with Gasteiger partial charge in [0.1, 0.15) is 0 Å². The topological polar surface area (TPSA) is 130 Å². The Balaban J connectivity index is 3.37. The van der Waals surface area contributed by atoms with Crippen molar-refractivity contribution in [3.63, 3.8) is 0 Å². The second-order valence-electron chi connectivity index (χ2n) is 4.34. The van der Waals surface area contributed by atoms with Gasteiger partial charge < -0.3 is 10.2 Å². The maximum Gasteiger partial charge on any atom is 0.289 e. The lowest BCUT2D eigenvalue weighted by Gasteiger charge is -2.14. The highest BCUT2D eigenvalue weighted by Crippen LogP contribution is 2.27. The zero-order valence-electron chi connectivity index (χ0n) is 11.0. The summed E-state index contributed by atoms with van der Waals surface area (Å²) < 4.78 is 26.2. The number of nitro benzene ring substituents is 1. The van der Waals surface area contributed by atoms with Gasteiger partial charge in [-0.1, -0.05) is 0 Å². The summed E-state index contributed by atoms with van der Waals surface area (Å²) in [6.45, 7) is 2.03. The number of rotatable bonds is 6. The molecule has 0 radical (unpaired) electrons. The summed E-state index contributed by atoms with van der Waals surface area (Å²) in [5, 5.41) is 28.8. The average Bonchev–Trinajstić information content (AvgIpc) is 2.38. The summed E-state index contributed by atoms with van der Waals surface area (Å²) >= 11 is 0. The predicted molar refractivity (Wildman–Crippen MR) is 70.9 cm³/mol. The van der Waals surface area contributed by atoms with E-state index in [1.54, 1.807) is 13.8 Å². The molecular weight excluding hydrogens is 288 g/mol. The average molecular weight is 304 g/mol. The highest BCUT2D eigenvalue weighted by atomic mass is 32.2. The van der Waals surface area contributed by atoms with Gasteiger partial charge in [-0.05, 0) is 31.0 Å². The fourth-order valence-electron chi connectivity index (χ4n) is 1.55. The number of aryl methyl sites for hydroxylation is 2. The van der Waals surface area contributed by atoms with Crippen molar-refractivity contribution in [2.45, 2.75) is 24.8 Å². The Bertz CT molecular complexity index is 610. The number of nitro groups is 1. The Hall–Kier alpha value is -1.55. The molecule has 9 heteroatoms. The maximum absolute atomic E-state index is 12.1. The number of sulfonamides is 1. The van der Waals surface area contributed by atoms with Crippen molar-refractivity contribution >= 4 is 15.7 Å². The van der Waals surface area contributed by atoms with E-state index in [9.17, 15) is 18.5 Å². The van der Waals surface area contributed by atoms with E-state index in [0.717, 1.165) is 0 Å². The van der Waals surface area contributed by atoms with Crippen molar-refractivity contribution in [2.24, 2.45) is 0 Å². The molecule has 0 spiro atoms. The zero-order valence-corrected chi connectivity index (χ0v) is 11.8. The predicted octanol–water partition coefficient (Wildman–Crippen LogP) is -0.157. The molecule has 0 bridgehead atoms. The van der Waals surface area contributed by atoms with E-state index in [-0.39, 0.29) is 0 Å². The van der Waals surface area contributed by atoms with Crippen LogP contribution in [0.4, 0.5) is 5.69 Å². The van der Waals surface area contributed by atoms with Crippen LogP contribution in [0.2, 0.25) is 0 Å². The van der Waals surface area contributed by atoms with E-state index < -0.39 is 44.8 Å². The minimum atomic E-state index is -4.21. The lowest BCUT2D eigenvalue weighted by Crippen LogP contribution is -2.40. The number of hydrogen-bond acceptors (Lipinski definition) is 6. The minimum Gasteiger partial charge on any atom is -0.395 e. The van der Waals surface area contributed by atoms with Crippen molar-refractivity contribution in [1.29, 1.82) is 0 Å². The molecule has 0 saturated heterocycles. The van der Waals surface area contributed by atoms with Gasteiger partial charge in [-0.3, -0.25) is 10.1 Å². The third kappa shape index (κ3) is 3.51. The third-order valence-corrected chi connectivity index (χ3v) is 4.37. The van der Waals surface area contributed by atoms with E-state index in [1.165, 1.54) is 12.1 Å². The molecule has 20 heavy (non-hydrogen) atoms. The van der Waals surface area contributed by atoms with Gasteiger partial charge in [0, 0.05) is 6.07 Å². The molecule has 0 unspecified atom stereocenters. The maximum atomic E-state index is 12.1. The Kier molecular flexibility index (Phi) is 5.17. The van der Waals surface area contributed by atoms with Gasteiger partial charge in [0.2, 0.25) is 10.0 Å². The number of hydrogen-bond donors (Lipinski definition) is 3. The van der Waals surface area contributed by atoms with Crippen LogP contribution in [-0.4, -0.2) is 42.8 Å². The van der Waals surface area contributed by atoms with Crippen LogP contribution in [0.5, 0.6) is 0 Å². The summed E-state index contributed by atoms with van der Waals surface area (Å²) in [5.41, 5.74) is 0.632. The number of aliphatic hydroxyl groups is 2. The Morgan fingerprint density at radius 3 is 2.20 bits per heavy atom. The van der Waals surface area contributed by atoms with Gasteiger partial charge >= 0.3 is 0 Å². The van der Waals surface area contributed by atoms with Crippen LogP contribution in [0, 0.1) is 24.0 Å². The molecular formula is C11H16N2O6S. The summed E-state index contributed by atoms with van der Waals surface area (Å²) in [5.74, 6) is 0. The molecule has 0 aromatic heterocycles. The van der Waals surface area contributed by atoms with Crippen LogP contribution in [0.3, 0.4) is 0 Å². The van der Waals surface area contributed by atoms with Crippen molar-refractivity contribution in [3.05, 3.63) is 33.4 Å². The van der Waals surface area contributed by atoms with Crippen LogP contribution >= 0.6 is 0 Å². The first-order chi connectivity index (χ1) is 9.22. The van der Waals surface area contributed by atoms with Gasteiger partial charge in [0.05, 0.1) is 24.2 Å². The Morgan fingerprint density at radius 2 is 1.75 bits per heavy atom. The number of nitrogens with one attached hydrogen (secondary N) is 1. The van der Waals surface area contributed by atoms with Crippen LogP contribution < -0.4 is 4.72 Å². The molecule has 0 atom stereocenters. The molecule has 0 aliphatic carbocycles. The first kappa shape index (κ1) is 16.5. The molecule has 0 heterocycles. The highest BCUT2D eigenvalue weighted by Gasteiger charge is 2.28. The molecule has 112 valence electrons. The summed E-state index contributed by atoms with van der Waals surface area (Å²) in [6.07, 6.45) is 0. The van der Waals surface area contributed by atoms with Crippen LogP contribution in [0.15, 0.2) is 17.0 Å². The monoisotopic (exact) mass is 304 g/mol. The van der Waals surface area contributed by atoms with E-state index in [4.69, 9.17) is 10.2 Å². The summed E-state index contributed by atoms with van der Waals surface area (Å²) in [7, 11) is -4.21. The molecule has 3 N–H and O–H groups in total. The first-order valence-electron chi connectivity index (χ1n) is 5.72. The van der Waals surface area contributed by atoms with Crippen LogP contribution in [0.25, 0.3) is 0 Å². The van der Waals surface area contributed by atoms with E-state index >= 15 is 0 Å². The Labute approximate surface area is 116 Å². The molecule has 0 aliphatic heterocycles. The van der Waals surface area contributed by atoms with E-state index in [1.807, 2.05) is 4.72 Å². The standard InChI is InChI=1S/C11H16N2O6S/c1-7-3-10(13(16)17)11(4-8(7)2)20(18,19)12-9(5-14)6-15/h3-4,9,12,14-15H,5-6H2,1-2H3. The molecule has 1 aromatic carbocycles. The molecule has 8 nitrogen and oxygen atoms in total. The lowest BCUT2D eigenvalue weighted by atomic mass is 10.1. The first-order valence-corrected chi connectivity index (χ1v) is 7.21. The fraction of sp³-hybridized carbons (Fsp3) is 0.455. The summed E-state index contributed by atoms with van der Waals surface area (Å²) in [4.78, 5) is 9.70. The number of nitrogens with zero attached hydrogens (tertiary/aromatic N) is 1. The smallest absolute Gasteiger partial charge is 0.289 e. The van der Waals surface area contributed by atoms with E-state index in [0.29, 0.717) is 11.1 Å². The second kappa shape index (κ2) is 6.27. The normalized spacial score (nSPS) is 11.8. The van der Waals surface area contributed by atoms with E-state index in [2.05, 4.69) is 0 Å². The van der Waals surface area contributed by atoms with Crippen LogP contribution in [0.1, 0.15) is 11.1 Å². The molecule has 0 saturated carbocycles. The fourth-order valence-corrected chi connectivity index (χ4v) is 3.00. The highest BCUT2D eigenvalue weighted by molar-refractivity contribution is 7.89. The molecule has 0 aliphatic rings. The Morgan fingerprint density at radius 1 is 1.25 bits per heavy atom. The zero-order chi connectivity index (χ0) is 15.5.